The summed E-state index contributed by atoms with van der Waals surface area (Å²) in [6.07, 6.45) is 0.518. The first kappa shape index (κ1) is 25.7. The van der Waals surface area contributed by atoms with E-state index in [9.17, 15) is 13.2 Å². The molecule has 1 amide bonds. The van der Waals surface area contributed by atoms with Crippen LogP contribution in [0.4, 0.5) is 5.69 Å². The number of ether oxygens (including phenoxy) is 1. The number of benzene rings is 3. The number of aryl methyl sites for hydroxylation is 1. The number of para-hydroxylation sites is 1. The molecule has 190 valence electrons. The van der Waals surface area contributed by atoms with Crippen LogP contribution in [0.3, 0.4) is 0 Å². The van der Waals surface area contributed by atoms with Crippen LogP contribution in [0.15, 0.2) is 83.8 Å². The summed E-state index contributed by atoms with van der Waals surface area (Å²) in [6, 6.07) is 24.6. The third-order valence-electron chi connectivity index (χ3n) is 6.56. The summed E-state index contributed by atoms with van der Waals surface area (Å²) in [5.74, 6) is 0.446. The fraction of sp³-hybridized carbons (Fsp3) is 0.321. The van der Waals surface area contributed by atoms with Gasteiger partial charge >= 0.3 is 0 Å². The van der Waals surface area contributed by atoms with Gasteiger partial charge in [0.25, 0.3) is 0 Å². The van der Waals surface area contributed by atoms with Gasteiger partial charge in [0.1, 0.15) is 5.75 Å². The minimum absolute atomic E-state index is 0.163. The minimum Gasteiger partial charge on any atom is -0.496 e. The second-order valence-corrected chi connectivity index (χ2v) is 10.8. The van der Waals surface area contributed by atoms with Gasteiger partial charge in [-0.15, -0.1) is 0 Å². The van der Waals surface area contributed by atoms with Crippen molar-refractivity contribution in [1.29, 1.82) is 0 Å². The highest BCUT2D eigenvalue weighted by atomic mass is 32.2. The summed E-state index contributed by atoms with van der Waals surface area (Å²) < 4.78 is 33.9. The molecule has 0 saturated carbocycles. The van der Waals surface area contributed by atoms with Gasteiger partial charge < -0.3 is 14.5 Å². The Morgan fingerprint density at radius 1 is 0.917 bits per heavy atom. The Hall–Kier alpha value is -3.36. The molecule has 0 spiro atoms. The predicted octanol–water partition coefficient (Wildman–Crippen LogP) is 3.59. The first-order valence-electron chi connectivity index (χ1n) is 12.1. The number of amides is 1. The van der Waals surface area contributed by atoms with Gasteiger partial charge in [-0.3, -0.25) is 4.79 Å². The molecule has 1 aliphatic rings. The normalized spacial score (nSPS) is 14.2. The number of anilines is 1. The molecule has 3 aromatic rings. The molecular formula is C28H33N3O4S. The van der Waals surface area contributed by atoms with Gasteiger partial charge in [-0.1, -0.05) is 48.5 Å². The Bertz CT molecular complexity index is 1260. The van der Waals surface area contributed by atoms with E-state index >= 15 is 0 Å². The molecule has 1 fully saturated rings. The van der Waals surface area contributed by atoms with E-state index in [-0.39, 0.29) is 23.9 Å². The Morgan fingerprint density at radius 3 is 2.17 bits per heavy atom. The second-order valence-electron chi connectivity index (χ2n) is 8.91. The molecule has 0 radical (unpaired) electrons. The van der Waals surface area contributed by atoms with Crippen LogP contribution in [-0.4, -0.2) is 69.9 Å². The highest BCUT2D eigenvalue weighted by molar-refractivity contribution is 7.89. The number of hydrogen-bond donors (Lipinski definition) is 0. The quantitative estimate of drug-likeness (QED) is 0.443. The molecule has 3 aromatic carbocycles. The van der Waals surface area contributed by atoms with Crippen LogP contribution >= 0.6 is 0 Å². The SMILES string of the molecule is COc1ccc(S(=O)(=O)N(CCc2ccccc2)CC(=O)N2CCN(c3ccccc3)CC2)cc1C. The zero-order valence-electron chi connectivity index (χ0n) is 20.8. The first-order valence-corrected chi connectivity index (χ1v) is 13.6. The molecule has 7 nitrogen and oxygen atoms in total. The van der Waals surface area contributed by atoms with Crippen LogP contribution in [0.5, 0.6) is 5.75 Å². The number of methoxy groups -OCH3 is 1. The maximum atomic E-state index is 13.7. The van der Waals surface area contributed by atoms with E-state index in [1.165, 1.54) is 4.31 Å². The van der Waals surface area contributed by atoms with Crippen molar-refractivity contribution in [2.75, 3.05) is 51.3 Å². The Morgan fingerprint density at radius 2 is 1.56 bits per heavy atom. The van der Waals surface area contributed by atoms with Crippen molar-refractivity contribution in [2.45, 2.75) is 18.2 Å². The highest BCUT2D eigenvalue weighted by Crippen LogP contribution is 2.24. The molecule has 1 aliphatic heterocycles. The number of carbonyl (C=O) groups excluding carboxylic acids is 1. The summed E-state index contributed by atoms with van der Waals surface area (Å²) in [5.41, 5.74) is 2.88. The lowest BCUT2D eigenvalue weighted by atomic mass is 10.1. The molecule has 0 N–H and O–H groups in total. The fourth-order valence-corrected chi connectivity index (χ4v) is 5.92. The third kappa shape index (κ3) is 6.06. The second kappa shape index (κ2) is 11.6. The van der Waals surface area contributed by atoms with Crippen LogP contribution in [0, 0.1) is 6.92 Å². The molecule has 0 atom stereocenters. The number of hydrogen-bond acceptors (Lipinski definition) is 5. The van der Waals surface area contributed by atoms with Gasteiger partial charge in [0, 0.05) is 38.4 Å². The van der Waals surface area contributed by atoms with Crippen molar-refractivity contribution in [1.82, 2.24) is 9.21 Å². The van der Waals surface area contributed by atoms with E-state index in [0.717, 1.165) is 16.8 Å². The van der Waals surface area contributed by atoms with Gasteiger partial charge in [-0.05, 0) is 54.8 Å². The number of sulfonamides is 1. The summed E-state index contributed by atoms with van der Waals surface area (Å²) in [5, 5.41) is 0. The average molecular weight is 508 g/mol. The van der Waals surface area contributed by atoms with Crippen molar-refractivity contribution in [2.24, 2.45) is 0 Å². The Balaban J connectivity index is 1.49. The maximum absolute atomic E-state index is 13.7. The van der Waals surface area contributed by atoms with E-state index in [4.69, 9.17) is 4.74 Å². The van der Waals surface area contributed by atoms with Gasteiger partial charge in [0.05, 0.1) is 18.6 Å². The molecular weight excluding hydrogens is 474 g/mol. The lowest BCUT2D eigenvalue weighted by Gasteiger charge is -2.37. The topological polar surface area (TPSA) is 70.2 Å². The number of rotatable bonds is 9. The van der Waals surface area contributed by atoms with Crippen molar-refractivity contribution in [3.8, 4) is 5.75 Å². The summed E-state index contributed by atoms with van der Waals surface area (Å²) in [6.45, 7) is 4.38. The van der Waals surface area contributed by atoms with Crippen LogP contribution in [-0.2, 0) is 21.2 Å². The lowest BCUT2D eigenvalue weighted by Crippen LogP contribution is -2.52. The standard InChI is InChI=1S/C28H33N3O4S/c1-23-21-26(13-14-27(23)35-2)36(33,34)31(16-15-24-9-5-3-6-10-24)22-28(32)30-19-17-29(18-20-30)25-11-7-4-8-12-25/h3-14,21H,15-20,22H2,1-2H3. The summed E-state index contributed by atoms with van der Waals surface area (Å²) in [4.78, 5) is 17.5. The van der Waals surface area contributed by atoms with Crippen molar-refractivity contribution in [3.63, 3.8) is 0 Å². The van der Waals surface area contributed by atoms with Crippen molar-refractivity contribution < 1.29 is 17.9 Å². The molecule has 4 rings (SSSR count). The largest absolute Gasteiger partial charge is 0.496 e. The Kier molecular flexibility index (Phi) is 8.28. The molecule has 0 aromatic heterocycles. The average Bonchev–Trinajstić information content (AvgIpc) is 2.92. The third-order valence-corrected chi connectivity index (χ3v) is 8.40. The zero-order chi connectivity index (χ0) is 25.5. The summed E-state index contributed by atoms with van der Waals surface area (Å²) in [7, 11) is -2.33. The van der Waals surface area contributed by atoms with Crippen LogP contribution in [0.25, 0.3) is 0 Å². The lowest BCUT2D eigenvalue weighted by molar-refractivity contribution is -0.131. The Labute approximate surface area is 214 Å². The van der Waals surface area contributed by atoms with Crippen molar-refractivity contribution in [3.05, 3.63) is 90.0 Å². The molecule has 0 aliphatic carbocycles. The highest BCUT2D eigenvalue weighted by Gasteiger charge is 2.30. The monoisotopic (exact) mass is 507 g/mol. The van der Waals surface area contributed by atoms with E-state index < -0.39 is 10.0 Å². The molecule has 0 unspecified atom stereocenters. The molecule has 1 saturated heterocycles. The van der Waals surface area contributed by atoms with E-state index in [0.29, 0.717) is 38.3 Å². The zero-order valence-corrected chi connectivity index (χ0v) is 21.7. The number of carbonyl (C=O) groups is 1. The predicted molar refractivity (Wildman–Crippen MR) is 142 cm³/mol. The van der Waals surface area contributed by atoms with E-state index in [1.807, 2.05) is 55.5 Å². The van der Waals surface area contributed by atoms with Crippen LogP contribution in [0.1, 0.15) is 11.1 Å². The van der Waals surface area contributed by atoms with Gasteiger partial charge in [0.2, 0.25) is 15.9 Å². The first-order chi connectivity index (χ1) is 17.4. The smallest absolute Gasteiger partial charge is 0.243 e. The van der Waals surface area contributed by atoms with Gasteiger partial charge in [-0.25, -0.2) is 8.42 Å². The van der Waals surface area contributed by atoms with Gasteiger partial charge in [0.15, 0.2) is 0 Å². The molecule has 8 heteroatoms. The minimum atomic E-state index is -3.89. The number of piperazine rings is 1. The fourth-order valence-electron chi connectivity index (χ4n) is 4.45. The maximum Gasteiger partial charge on any atom is 0.243 e. The number of nitrogens with zero attached hydrogens (tertiary/aromatic N) is 3. The molecule has 0 bridgehead atoms. The van der Waals surface area contributed by atoms with E-state index in [1.54, 1.807) is 30.2 Å². The molecule has 36 heavy (non-hydrogen) atoms. The molecule has 1 heterocycles. The van der Waals surface area contributed by atoms with Crippen LogP contribution in [0.2, 0.25) is 0 Å². The van der Waals surface area contributed by atoms with E-state index in [2.05, 4.69) is 17.0 Å². The van der Waals surface area contributed by atoms with Crippen LogP contribution < -0.4 is 9.64 Å². The van der Waals surface area contributed by atoms with Crippen molar-refractivity contribution >= 4 is 21.6 Å². The van der Waals surface area contributed by atoms with Gasteiger partial charge in [-0.2, -0.15) is 4.31 Å². The summed E-state index contributed by atoms with van der Waals surface area (Å²) >= 11 is 0.